The molecule has 0 saturated carbocycles. The second-order valence-corrected chi connectivity index (χ2v) is 9.69. The highest BCUT2D eigenvalue weighted by atomic mass is 35.5. The summed E-state index contributed by atoms with van der Waals surface area (Å²) in [7, 11) is 0. The van der Waals surface area contributed by atoms with Crippen LogP contribution in [-0.4, -0.2) is 46.9 Å². The molecule has 1 aromatic carbocycles. The predicted octanol–water partition coefficient (Wildman–Crippen LogP) is 4.27. The summed E-state index contributed by atoms with van der Waals surface area (Å²) in [6.45, 7) is 11.2. The van der Waals surface area contributed by atoms with E-state index in [4.69, 9.17) is 23.2 Å². The van der Waals surface area contributed by atoms with Crippen LogP contribution in [0.1, 0.15) is 64.2 Å². The maximum atomic E-state index is 12.8. The van der Waals surface area contributed by atoms with Crippen molar-refractivity contribution >= 4 is 35.0 Å². The Morgan fingerprint density at radius 3 is 2.32 bits per heavy atom. The molecule has 0 radical (unpaired) electrons. The Labute approximate surface area is 178 Å². The van der Waals surface area contributed by atoms with Gasteiger partial charge in [0, 0.05) is 39.3 Å². The molecule has 1 fully saturated rings. The lowest BCUT2D eigenvalue weighted by molar-refractivity contribution is -0.124. The van der Waals surface area contributed by atoms with Gasteiger partial charge in [0.2, 0.25) is 5.91 Å². The highest BCUT2D eigenvalue weighted by Gasteiger charge is 2.38. The number of amides is 2. The number of carbonyl (C=O) groups excluding carboxylic acids is 2. The van der Waals surface area contributed by atoms with Crippen LogP contribution in [0, 0.1) is 0 Å². The summed E-state index contributed by atoms with van der Waals surface area (Å²) in [4.78, 5) is 27.3. The largest absolute Gasteiger partial charge is 0.350 e. The number of nitrogens with zero attached hydrogens (tertiary/aromatic N) is 1. The lowest BCUT2D eigenvalue weighted by atomic mass is 9.81. The zero-order valence-electron chi connectivity index (χ0n) is 17.4. The SMILES string of the molecule is CCC1(NC(=O)c2cc(Cl)cc(Cl)c2)CCN(CC(=O)NC(C)(C)C)C(C)C1. The Morgan fingerprint density at radius 1 is 1.21 bits per heavy atom. The third-order valence-corrected chi connectivity index (χ3v) is 5.66. The predicted molar refractivity (Wildman–Crippen MR) is 115 cm³/mol. The third-order valence-electron chi connectivity index (χ3n) is 5.23. The summed E-state index contributed by atoms with van der Waals surface area (Å²) >= 11 is 12.1. The Balaban J connectivity index is 2.03. The number of benzene rings is 1. The van der Waals surface area contributed by atoms with Crippen LogP contribution < -0.4 is 10.6 Å². The second-order valence-electron chi connectivity index (χ2n) is 8.82. The van der Waals surface area contributed by atoms with E-state index in [1.54, 1.807) is 18.2 Å². The number of likely N-dealkylation sites (tertiary alicyclic amines) is 1. The van der Waals surface area contributed by atoms with Crippen LogP contribution in [0.15, 0.2) is 18.2 Å². The van der Waals surface area contributed by atoms with Gasteiger partial charge in [-0.2, -0.15) is 0 Å². The molecule has 2 unspecified atom stereocenters. The van der Waals surface area contributed by atoms with Crippen molar-refractivity contribution in [3.63, 3.8) is 0 Å². The summed E-state index contributed by atoms with van der Waals surface area (Å²) in [5, 5.41) is 7.10. The molecule has 7 heteroatoms. The molecule has 1 heterocycles. The van der Waals surface area contributed by atoms with Gasteiger partial charge in [0.15, 0.2) is 0 Å². The van der Waals surface area contributed by atoms with Crippen LogP contribution in [0.25, 0.3) is 0 Å². The minimum atomic E-state index is -0.303. The molecule has 156 valence electrons. The molecule has 1 aliphatic heterocycles. The van der Waals surface area contributed by atoms with E-state index in [2.05, 4.69) is 29.4 Å². The minimum absolute atomic E-state index is 0.0287. The van der Waals surface area contributed by atoms with Crippen molar-refractivity contribution in [2.45, 2.75) is 71.0 Å². The Bertz CT molecular complexity index is 713. The van der Waals surface area contributed by atoms with Gasteiger partial charge < -0.3 is 10.6 Å². The minimum Gasteiger partial charge on any atom is -0.350 e. The first kappa shape index (κ1) is 23.0. The monoisotopic (exact) mass is 427 g/mol. The van der Waals surface area contributed by atoms with Gasteiger partial charge in [-0.3, -0.25) is 14.5 Å². The summed E-state index contributed by atoms with van der Waals surface area (Å²) in [6.07, 6.45) is 2.39. The second kappa shape index (κ2) is 9.02. The van der Waals surface area contributed by atoms with Crippen molar-refractivity contribution in [3.05, 3.63) is 33.8 Å². The molecule has 0 aliphatic carbocycles. The molecule has 1 aliphatic rings. The Hall–Kier alpha value is -1.30. The van der Waals surface area contributed by atoms with E-state index < -0.39 is 0 Å². The summed E-state index contributed by atoms with van der Waals surface area (Å²) in [5.41, 5.74) is -0.0809. The van der Waals surface area contributed by atoms with Gasteiger partial charge >= 0.3 is 0 Å². The molecule has 2 rings (SSSR count). The number of rotatable bonds is 5. The smallest absolute Gasteiger partial charge is 0.251 e. The molecule has 28 heavy (non-hydrogen) atoms. The van der Waals surface area contributed by atoms with Gasteiger partial charge in [-0.15, -0.1) is 0 Å². The van der Waals surface area contributed by atoms with Crippen molar-refractivity contribution in [1.82, 2.24) is 15.5 Å². The molecule has 1 aromatic rings. The van der Waals surface area contributed by atoms with E-state index in [1.807, 2.05) is 20.8 Å². The van der Waals surface area contributed by atoms with E-state index in [0.717, 1.165) is 25.8 Å². The summed E-state index contributed by atoms with van der Waals surface area (Å²) in [5.74, 6) is -0.140. The molecule has 2 amide bonds. The number of nitrogens with one attached hydrogen (secondary N) is 2. The van der Waals surface area contributed by atoms with Gasteiger partial charge in [-0.05, 0) is 65.2 Å². The average molecular weight is 428 g/mol. The zero-order chi connectivity index (χ0) is 21.1. The normalized spacial score (nSPS) is 23.3. The fraction of sp³-hybridized carbons (Fsp3) is 0.619. The maximum Gasteiger partial charge on any atom is 0.251 e. The quantitative estimate of drug-likeness (QED) is 0.737. The summed E-state index contributed by atoms with van der Waals surface area (Å²) in [6, 6.07) is 5.05. The van der Waals surface area contributed by atoms with Crippen LogP contribution in [0.5, 0.6) is 0 Å². The van der Waals surface area contributed by atoms with E-state index in [9.17, 15) is 9.59 Å². The van der Waals surface area contributed by atoms with Crippen LogP contribution in [0.4, 0.5) is 0 Å². The lowest BCUT2D eigenvalue weighted by Gasteiger charge is -2.45. The van der Waals surface area contributed by atoms with Crippen molar-refractivity contribution in [2.75, 3.05) is 13.1 Å². The molecule has 0 aromatic heterocycles. The first-order valence-corrected chi connectivity index (χ1v) is 10.5. The third kappa shape index (κ3) is 6.36. The fourth-order valence-corrected chi connectivity index (χ4v) is 4.30. The van der Waals surface area contributed by atoms with E-state index in [0.29, 0.717) is 22.2 Å². The molecule has 2 N–H and O–H groups in total. The molecule has 1 saturated heterocycles. The molecule has 2 atom stereocenters. The van der Waals surface area contributed by atoms with E-state index in [-0.39, 0.29) is 28.9 Å². The van der Waals surface area contributed by atoms with Crippen molar-refractivity contribution in [2.24, 2.45) is 0 Å². The van der Waals surface area contributed by atoms with Crippen LogP contribution >= 0.6 is 23.2 Å². The fourth-order valence-electron chi connectivity index (χ4n) is 3.77. The topological polar surface area (TPSA) is 61.4 Å². The average Bonchev–Trinajstić information content (AvgIpc) is 2.55. The molecule has 0 spiro atoms. The number of carbonyl (C=O) groups is 2. The van der Waals surface area contributed by atoms with Gasteiger partial charge in [0.05, 0.1) is 6.54 Å². The number of piperidine rings is 1. The zero-order valence-corrected chi connectivity index (χ0v) is 18.9. The van der Waals surface area contributed by atoms with Gasteiger partial charge in [0.1, 0.15) is 0 Å². The number of hydrogen-bond acceptors (Lipinski definition) is 3. The number of hydrogen-bond donors (Lipinski definition) is 2. The van der Waals surface area contributed by atoms with Crippen LogP contribution in [0.2, 0.25) is 10.0 Å². The van der Waals surface area contributed by atoms with Gasteiger partial charge in [-0.25, -0.2) is 0 Å². The molecular weight excluding hydrogens is 397 g/mol. The van der Waals surface area contributed by atoms with E-state index in [1.165, 1.54) is 0 Å². The van der Waals surface area contributed by atoms with Crippen molar-refractivity contribution < 1.29 is 9.59 Å². The Kier molecular flexibility index (Phi) is 7.40. The standard InChI is InChI=1S/C21H31Cl2N3O2/c1-6-21(25-19(28)15-9-16(22)11-17(23)10-15)7-8-26(14(2)12-21)13-18(27)24-20(3,4)5/h9-11,14H,6-8,12-13H2,1-5H3,(H,24,27)(H,25,28). The van der Waals surface area contributed by atoms with E-state index >= 15 is 0 Å². The van der Waals surface area contributed by atoms with Crippen molar-refractivity contribution in [1.29, 1.82) is 0 Å². The van der Waals surface area contributed by atoms with Crippen LogP contribution in [0.3, 0.4) is 0 Å². The summed E-state index contributed by atoms with van der Waals surface area (Å²) < 4.78 is 0. The lowest BCUT2D eigenvalue weighted by Crippen LogP contribution is -2.59. The van der Waals surface area contributed by atoms with Gasteiger partial charge in [-0.1, -0.05) is 30.1 Å². The molecular formula is C21H31Cl2N3O2. The first-order valence-electron chi connectivity index (χ1n) is 9.77. The highest BCUT2D eigenvalue weighted by molar-refractivity contribution is 6.35. The molecule has 5 nitrogen and oxygen atoms in total. The number of halogens is 2. The highest BCUT2D eigenvalue weighted by Crippen LogP contribution is 2.30. The molecule has 0 bridgehead atoms. The Morgan fingerprint density at radius 2 is 1.82 bits per heavy atom. The van der Waals surface area contributed by atoms with Gasteiger partial charge in [0.25, 0.3) is 5.91 Å². The first-order chi connectivity index (χ1) is 12.9. The van der Waals surface area contributed by atoms with Crippen LogP contribution in [-0.2, 0) is 4.79 Å². The maximum absolute atomic E-state index is 12.8. The van der Waals surface area contributed by atoms with Crippen molar-refractivity contribution in [3.8, 4) is 0 Å².